The Bertz CT molecular complexity index is 579. The molecule has 0 N–H and O–H groups in total. The second-order valence-electron chi connectivity index (χ2n) is 7.75. The summed E-state index contributed by atoms with van der Waals surface area (Å²) in [6.45, 7) is 7.11. The Morgan fingerprint density at radius 2 is 2.09 bits per heavy atom. The number of hydrogen-bond donors (Lipinski definition) is 0. The molecule has 0 radical (unpaired) electrons. The predicted octanol–water partition coefficient (Wildman–Crippen LogP) is 2.89. The van der Waals surface area contributed by atoms with Crippen molar-refractivity contribution in [2.45, 2.75) is 64.0 Å². The molecule has 2 atom stereocenters. The molecule has 1 saturated carbocycles. The number of fused-ring (bicyclic) bond motifs is 1. The topological polar surface area (TPSA) is 49.6 Å². The van der Waals surface area contributed by atoms with Crippen molar-refractivity contribution in [3.63, 3.8) is 0 Å². The van der Waals surface area contributed by atoms with Gasteiger partial charge in [-0.1, -0.05) is 19.0 Å². The van der Waals surface area contributed by atoms with Crippen LogP contribution >= 0.6 is 0 Å². The van der Waals surface area contributed by atoms with Crippen LogP contribution in [-0.4, -0.2) is 52.6 Å². The Kier molecular flexibility index (Phi) is 3.92. The summed E-state index contributed by atoms with van der Waals surface area (Å²) in [6, 6.07) is 3.36. The molecule has 1 aliphatic carbocycles. The minimum Gasteiger partial charge on any atom is -0.360 e. The largest absolute Gasteiger partial charge is 0.360 e. The summed E-state index contributed by atoms with van der Waals surface area (Å²) in [6.07, 6.45) is 6.41. The molecule has 0 aromatic carbocycles. The zero-order valence-electron chi connectivity index (χ0n) is 14.2. The van der Waals surface area contributed by atoms with E-state index in [-0.39, 0.29) is 11.8 Å². The van der Waals surface area contributed by atoms with E-state index in [0.29, 0.717) is 17.7 Å². The van der Waals surface area contributed by atoms with Gasteiger partial charge in [0.15, 0.2) is 5.69 Å². The van der Waals surface area contributed by atoms with Crippen molar-refractivity contribution in [1.82, 2.24) is 15.0 Å². The molecule has 1 aromatic heterocycles. The van der Waals surface area contributed by atoms with Gasteiger partial charge in [0.05, 0.1) is 0 Å². The number of carbonyl (C=O) groups excluding carboxylic acids is 1. The highest BCUT2D eigenvalue weighted by molar-refractivity contribution is 5.92. The molecule has 2 aliphatic heterocycles. The second kappa shape index (κ2) is 5.93. The van der Waals surface area contributed by atoms with E-state index in [4.69, 9.17) is 4.52 Å². The molecule has 126 valence electrons. The smallest absolute Gasteiger partial charge is 0.276 e. The first-order chi connectivity index (χ1) is 11.1. The van der Waals surface area contributed by atoms with Gasteiger partial charge in [-0.3, -0.25) is 9.69 Å². The van der Waals surface area contributed by atoms with Crippen LogP contribution in [0.2, 0.25) is 0 Å². The van der Waals surface area contributed by atoms with Crippen LogP contribution in [0.25, 0.3) is 0 Å². The molecule has 1 aromatic rings. The maximum absolute atomic E-state index is 12.7. The summed E-state index contributed by atoms with van der Waals surface area (Å²) in [5.74, 6) is 1.74. The van der Waals surface area contributed by atoms with Crippen molar-refractivity contribution in [3.8, 4) is 0 Å². The van der Waals surface area contributed by atoms with Crippen molar-refractivity contribution in [2.24, 2.45) is 5.92 Å². The first kappa shape index (κ1) is 15.2. The number of piperidine rings is 2. The molecule has 3 heterocycles. The fraction of sp³-hybridized carbons (Fsp3) is 0.778. The predicted molar refractivity (Wildman–Crippen MR) is 87.4 cm³/mol. The van der Waals surface area contributed by atoms with E-state index in [0.717, 1.165) is 31.3 Å². The number of nitrogens with zero attached hydrogens (tertiary/aromatic N) is 3. The number of hydrogen-bond acceptors (Lipinski definition) is 4. The molecule has 0 unspecified atom stereocenters. The molecule has 3 aliphatic rings. The number of amides is 1. The first-order valence-electron chi connectivity index (χ1n) is 9.15. The van der Waals surface area contributed by atoms with Gasteiger partial charge in [-0.25, -0.2) is 0 Å². The Hall–Kier alpha value is -1.36. The Morgan fingerprint density at radius 3 is 2.78 bits per heavy atom. The summed E-state index contributed by atoms with van der Waals surface area (Å²) >= 11 is 0. The zero-order valence-corrected chi connectivity index (χ0v) is 14.2. The zero-order chi connectivity index (χ0) is 16.0. The molecule has 5 heteroatoms. The Balaban J connectivity index is 1.43. The standard InChI is InChI=1S/C18H27N3O2/c1-12(2)17-10-15(19-23-17)18(22)20-9-7-16-13(11-20)4-3-8-21(16)14-5-6-14/h10,12-14,16H,3-9,11H2,1-2H3/t13-,16+/m0/s1. The van der Waals surface area contributed by atoms with Crippen molar-refractivity contribution in [2.75, 3.05) is 19.6 Å². The van der Waals surface area contributed by atoms with E-state index in [9.17, 15) is 4.79 Å². The third-order valence-electron chi connectivity index (χ3n) is 5.73. The van der Waals surface area contributed by atoms with Crippen molar-refractivity contribution >= 4 is 5.91 Å². The van der Waals surface area contributed by atoms with Gasteiger partial charge in [0.2, 0.25) is 0 Å². The molecule has 4 rings (SSSR count). The first-order valence-corrected chi connectivity index (χ1v) is 9.15. The Labute approximate surface area is 138 Å². The van der Waals surface area contributed by atoms with Gasteiger partial charge in [0.25, 0.3) is 5.91 Å². The van der Waals surface area contributed by atoms with E-state index < -0.39 is 0 Å². The molecule has 23 heavy (non-hydrogen) atoms. The van der Waals surface area contributed by atoms with Crippen LogP contribution in [0.5, 0.6) is 0 Å². The third kappa shape index (κ3) is 2.91. The van der Waals surface area contributed by atoms with Gasteiger partial charge >= 0.3 is 0 Å². The van der Waals surface area contributed by atoms with Crippen molar-refractivity contribution < 1.29 is 9.32 Å². The summed E-state index contributed by atoms with van der Waals surface area (Å²) in [7, 11) is 0. The highest BCUT2D eigenvalue weighted by Gasteiger charge is 2.42. The second-order valence-corrected chi connectivity index (χ2v) is 7.75. The van der Waals surface area contributed by atoms with Crippen molar-refractivity contribution in [1.29, 1.82) is 0 Å². The lowest BCUT2D eigenvalue weighted by atomic mass is 9.83. The molecule has 0 bridgehead atoms. The molecule has 0 spiro atoms. The van der Waals surface area contributed by atoms with Crippen LogP contribution in [0.3, 0.4) is 0 Å². The van der Waals surface area contributed by atoms with Gasteiger partial charge in [-0.15, -0.1) is 0 Å². The minimum atomic E-state index is 0.0441. The lowest BCUT2D eigenvalue weighted by Gasteiger charge is -2.47. The van der Waals surface area contributed by atoms with Gasteiger partial charge in [-0.2, -0.15) is 0 Å². The van der Waals surface area contributed by atoms with Crippen LogP contribution in [0.15, 0.2) is 10.6 Å². The minimum absolute atomic E-state index is 0.0441. The number of aromatic nitrogens is 1. The highest BCUT2D eigenvalue weighted by atomic mass is 16.5. The van der Waals surface area contributed by atoms with Crippen LogP contribution in [0.1, 0.15) is 68.1 Å². The van der Waals surface area contributed by atoms with Crippen LogP contribution < -0.4 is 0 Å². The van der Waals surface area contributed by atoms with Crippen molar-refractivity contribution in [3.05, 3.63) is 17.5 Å². The number of carbonyl (C=O) groups is 1. The van der Waals surface area contributed by atoms with Gasteiger partial charge in [-0.05, 0) is 44.6 Å². The summed E-state index contributed by atoms with van der Waals surface area (Å²) in [5.41, 5.74) is 0.474. The maximum Gasteiger partial charge on any atom is 0.276 e. The quantitative estimate of drug-likeness (QED) is 0.860. The summed E-state index contributed by atoms with van der Waals surface area (Å²) in [5, 5.41) is 3.99. The van der Waals surface area contributed by atoms with E-state index in [1.165, 1.54) is 32.2 Å². The average molecular weight is 317 g/mol. The molecule has 5 nitrogen and oxygen atoms in total. The van der Waals surface area contributed by atoms with E-state index in [1.807, 2.05) is 11.0 Å². The highest BCUT2D eigenvalue weighted by Crippen LogP contribution is 2.38. The van der Waals surface area contributed by atoms with Gasteiger partial charge in [0.1, 0.15) is 5.76 Å². The fourth-order valence-electron chi connectivity index (χ4n) is 4.31. The molecule has 2 saturated heterocycles. The molecular weight excluding hydrogens is 290 g/mol. The monoisotopic (exact) mass is 317 g/mol. The number of likely N-dealkylation sites (tertiary alicyclic amines) is 2. The van der Waals surface area contributed by atoms with Gasteiger partial charge < -0.3 is 9.42 Å². The molecule has 3 fully saturated rings. The average Bonchev–Trinajstić information content (AvgIpc) is 3.28. The summed E-state index contributed by atoms with van der Waals surface area (Å²) in [4.78, 5) is 17.5. The van der Waals surface area contributed by atoms with Crippen LogP contribution in [-0.2, 0) is 0 Å². The lowest BCUT2D eigenvalue weighted by Crippen LogP contribution is -2.55. The number of rotatable bonds is 3. The molecule has 1 amide bonds. The maximum atomic E-state index is 12.7. The lowest BCUT2D eigenvalue weighted by molar-refractivity contribution is 0.0170. The SMILES string of the molecule is CC(C)c1cc(C(=O)N2CC[C@@H]3[C@@H](CCCN3C3CC3)C2)no1. The third-order valence-corrected chi connectivity index (χ3v) is 5.73. The van der Waals surface area contributed by atoms with Crippen LogP contribution in [0, 0.1) is 5.92 Å². The van der Waals surface area contributed by atoms with Gasteiger partial charge in [0, 0.05) is 37.2 Å². The molecular formula is C18H27N3O2. The summed E-state index contributed by atoms with van der Waals surface area (Å²) < 4.78 is 5.30. The van der Waals surface area contributed by atoms with E-state index in [2.05, 4.69) is 23.9 Å². The van der Waals surface area contributed by atoms with Crippen LogP contribution in [0.4, 0.5) is 0 Å². The normalized spacial score (nSPS) is 28.9. The fourth-order valence-corrected chi connectivity index (χ4v) is 4.31. The van der Waals surface area contributed by atoms with E-state index in [1.54, 1.807) is 0 Å². The Morgan fingerprint density at radius 1 is 1.26 bits per heavy atom. The van der Waals surface area contributed by atoms with E-state index >= 15 is 0 Å².